The fourth-order valence-corrected chi connectivity index (χ4v) is 4.30. The van der Waals surface area contributed by atoms with Gasteiger partial charge in [0.05, 0.1) is 27.3 Å². The average molecular weight is 501 g/mol. The van der Waals surface area contributed by atoms with Crippen LogP contribution in [0.15, 0.2) is 34.7 Å². The predicted molar refractivity (Wildman–Crippen MR) is 137 cm³/mol. The van der Waals surface area contributed by atoms with Crippen LogP contribution in [0.4, 0.5) is 0 Å². The number of aryl methyl sites for hydroxylation is 1. The van der Waals surface area contributed by atoms with E-state index in [1.807, 2.05) is 44.2 Å². The maximum Gasteiger partial charge on any atom is 0.242 e. The Morgan fingerprint density at radius 3 is 2.42 bits per heavy atom. The summed E-state index contributed by atoms with van der Waals surface area (Å²) in [4.78, 5) is 30.1. The Bertz CT molecular complexity index is 984. The first-order valence-corrected chi connectivity index (χ1v) is 12.9. The Morgan fingerprint density at radius 2 is 1.81 bits per heavy atom. The molecular weight excluding hydrogens is 460 g/mol. The lowest BCUT2D eigenvalue weighted by atomic mass is 9.84. The first-order chi connectivity index (χ1) is 17.4. The average Bonchev–Trinajstić information content (AvgIpc) is 3.26. The highest BCUT2D eigenvalue weighted by molar-refractivity contribution is 5.86. The van der Waals surface area contributed by atoms with Gasteiger partial charge in [-0.15, -0.1) is 0 Å². The van der Waals surface area contributed by atoms with Crippen LogP contribution in [0.3, 0.4) is 0 Å². The van der Waals surface area contributed by atoms with E-state index < -0.39 is 0 Å². The van der Waals surface area contributed by atoms with Crippen molar-refractivity contribution in [1.82, 2.24) is 9.80 Å². The second kappa shape index (κ2) is 13.9. The van der Waals surface area contributed by atoms with Crippen molar-refractivity contribution in [3.05, 3.63) is 47.4 Å². The first kappa shape index (κ1) is 27.6. The molecule has 0 saturated heterocycles. The molecule has 2 amide bonds. The summed E-state index contributed by atoms with van der Waals surface area (Å²) in [5.74, 6) is 2.88. The SMILES string of the molecule is CCOCCCN(CC(=O)N(CCc1ccc(OC)c(OC)c1)Cc1ccc(C)o1)C(=O)C1CCC1. The lowest BCUT2D eigenvalue weighted by molar-refractivity contribution is -0.145. The molecule has 0 radical (unpaired) electrons. The summed E-state index contributed by atoms with van der Waals surface area (Å²) < 4.78 is 22.0. The highest BCUT2D eigenvalue weighted by atomic mass is 16.5. The molecule has 1 aliphatic carbocycles. The number of furan rings is 1. The minimum Gasteiger partial charge on any atom is -0.493 e. The molecule has 8 heteroatoms. The molecule has 0 N–H and O–H groups in total. The van der Waals surface area contributed by atoms with Crippen LogP contribution in [0.1, 0.15) is 49.7 Å². The molecule has 1 aliphatic rings. The van der Waals surface area contributed by atoms with Crippen LogP contribution in [0.5, 0.6) is 11.5 Å². The summed E-state index contributed by atoms with van der Waals surface area (Å²) in [7, 11) is 3.21. The van der Waals surface area contributed by atoms with Gasteiger partial charge in [0.25, 0.3) is 0 Å². The molecule has 0 aliphatic heterocycles. The largest absolute Gasteiger partial charge is 0.493 e. The molecule has 0 unspecified atom stereocenters. The summed E-state index contributed by atoms with van der Waals surface area (Å²) in [5.41, 5.74) is 1.03. The zero-order valence-electron chi connectivity index (χ0n) is 22.1. The Hall–Kier alpha value is -3.00. The zero-order chi connectivity index (χ0) is 25.9. The van der Waals surface area contributed by atoms with E-state index in [0.29, 0.717) is 57.2 Å². The van der Waals surface area contributed by atoms with Gasteiger partial charge in [-0.1, -0.05) is 12.5 Å². The molecule has 0 bridgehead atoms. The van der Waals surface area contributed by atoms with Crippen molar-refractivity contribution in [1.29, 1.82) is 0 Å². The standard InChI is InChI=1S/C28H40N2O6/c1-5-35-17-7-15-30(28(32)23-8-6-9-23)20-27(31)29(19-24-12-10-21(2)36-24)16-14-22-11-13-25(33-3)26(18-22)34-4/h10-13,18,23H,5-9,14-17,19-20H2,1-4H3. The third-order valence-electron chi connectivity index (χ3n) is 6.63. The number of ether oxygens (including phenoxy) is 3. The maximum absolute atomic E-state index is 13.5. The van der Waals surface area contributed by atoms with E-state index in [1.54, 1.807) is 24.0 Å². The van der Waals surface area contributed by atoms with Crippen molar-refractivity contribution < 1.29 is 28.2 Å². The molecule has 0 atom stereocenters. The summed E-state index contributed by atoms with van der Waals surface area (Å²) in [6, 6.07) is 9.56. The maximum atomic E-state index is 13.5. The van der Waals surface area contributed by atoms with Gasteiger partial charge in [-0.05, 0) is 69.4 Å². The summed E-state index contributed by atoms with van der Waals surface area (Å²) in [5, 5.41) is 0. The van der Waals surface area contributed by atoms with Crippen LogP contribution < -0.4 is 9.47 Å². The lowest BCUT2D eigenvalue weighted by Crippen LogP contribution is -2.46. The number of rotatable bonds is 15. The van der Waals surface area contributed by atoms with E-state index in [2.05, 4.69) is 0 Å². The van der Waals surface area contributed by atoms with Crippen molar-refractivity contribution in [3.8, 4) is 11.5 Å². The van der Waals surface area contributed by atoms with Gasteiger partial charge in [0.2, 0.25) is 11.8 Å². The van der Waals surface area contributed by atoms with Gasteiger partial charge in [0, 0.05) is 32.2 Å². The van der Waals surface area contributed by atoms with Crippen molar-refractivity contribution in [2.75, 3.05) is 47.1 Å². The van der Waals surface area contributed by atoms with Gasteiger partial charge in [0.15, 0.2) is 11.5 Å². The van der Waals surface area contributed by atoms with E-state index in [4.69, 9.17) is 18.6 Å². The molecule has 198 valence electrons. The summed E-state index contributed by atoms with van der Waals surface area (Å²) >= 11 is 0. The second-order valence-electron chi connectivity index (χ2n) is 9.21. The number of carbonyl (C=O) groups excluding carboxylic acids is 2. The van der Waals surface area contributed by atoms with E-state index >= 15 is 0 Å². The fourth-order valence-electron chi connectivity index (χ4n) is 4.30. The normalized spacial score (nSPS) is 13.2. The fraction of sp³-hybridized carbons (Fsp3) is 0.571. The number of hydrogen-bond acceptors (Lipinski definition) is 6. The predicted octanol–water partition coefficient (Wildman–Crippen LogP) is 4.23. The lowest BCUT2D eigenvalue weighted by Gasteiger charge is -2.33. The van der Waals surface area contributed by atoms with Gasteiger partial charge in [-0.25, -0.2) is 0 Å². The molecule has 3 rings (SSSR count). The number of carbonyl (C=O) groups is 2. The van der Waals surface area contributed by atoms with E-state index in [9.17, 15) is 9.59 Å². The quantitative estimate of drug-likeness (QED) is 0.341. The summed E-state index contributed by atoms with van der Waals surface area (Å²) in [6.45, 7) is 6.47. The molecule has 2 aromatic rings. The van der Waals surface area contributed by atoms with Crippen molar-refractivity contribution in [3.63, 3.8) is 0 Å². The van der Waals surface area contributed by atoms with Crippen LogP contribution in [0, 0.1) is 12.8 Å². The number of benzene rings is 1. The minimum atomic E-state index is -0.0892. The van der Waals surface area contributed by atoms with Gasteiger partial charge in [-0.2, -0.15) is 0 Å². The van der Waals surface area contributed by atoms with Gasteiger partial charge >= 0.3 is 0 Å². The Morgan fingerprint density at radius 1 is 1.03 bits per heavy atom. The highest BCUT2D eigenvalue weighted by Gasteiger charge is 2.31. The van der Waals surface area contributed by atoms with Crippen molar-refractivity contribution in [2.24, 2.45) is 5.92 Å². The number of hydrogen-bond donors (Lipinski definition) is 0. The van der Waals surface area contributed by atoms with Gasteiger partial charge in [0.1, 0.15) is 11.5 Å². The molecule has 0 spiro atoms. The number of nitrogens with zero attached hydrogens (tertiary/aromatic N) is 2. The highest BCUT2D eigenvalue weighted by Crippen LogP contribution is 2.29. The Labute approximate surface area is 214 Å². The molecule has 1 aromatic heterocycles. The molecule has 1 heterocycles. The Kier molecular flexibility index (Phi) is 10.7. The molecule has 36 heavy (non-hydrogen) atoms. The first-order valence-electron chi connectivity index (χ1n) is 12.9. The van der Waals surface area contributed by atoms with E-state index in [1.165, 1.54) is 0 Å². The molecule has 1 saturated carbocycles. The minimum absolute atomic E-state index is 0.0397. The molecule has 1 aromatic carbocycles. The van der Waals surface area contributed by atoms with Gasteiger partial charge < -0.3 is 28.4 Å². The molecule has 1 fully saturated rings. The number of methoxy groups -OCH3 is 2. The third-order valence-corrected chi connectivity index (χ3v) is 6.63. The van der Waals surface area contributed by atoms with Crippen molar-refractivity contribution >= 4 is 11.8 Å². The van der Waals surface area contributed by atoms with E-state index in [0.717, 1.165) is 36.3 Å². The molecule has 8 nitrogen and oxygen atoms in total. The second-order valence-corrected chi connectivity index (χ2v) is 9.21. The number of amides is 2. The van der Waals surface area contributed by atoms with Crippen LogP contribution in [-0.2, 0) is 27.3 Å². The van der Waals surface area contributed by atoms with Crippen LogP contribution in [-0.4, -0.2) is 68.7 Å². The van der Waals surface area contributed by atoms with Crippen molar-refractivity contribution in [2.45, 2.75) is 52.5 Å². The molecular formula is C28H40N2O6. The van der Waals surface area contributed by atoms with Gasteiger partial charge in [-0.3, -0.25) is 9.59 Å². The summed E-state index contributed by atoms with van der Waals surface area (Å²) in [6.07, 6.45) is 4.23. The van der Waals surface area contributed by atoms with E-state index in [-0.39, 0.29) is 24.3 Å². The topological polar surface area (TPSA) is 81.5 Å². The monoisotopic (exact) mass is 500 g/mol. The zero-order valence-corrected chi connectivity index (χ0v) is 22.1. The smallest absolute Gasteiger partial charge is 0.242 e. The van der Waals surface area contributed by atoms with Crippen LogP contribution >= 0.6 is 0 Å². The third kappa shape index (κ3) is 7.75. The Balaban J connectivity index is 1.71. The van der Waals surface area contributed by atoms with Crippen LogP contribution in [0.25, 0.3) is 0 Å². The van der Waals surface area contributed by atoms with Crippen LogP contribution in [0.2, 0.25) is 0 Å².